The molecule has 0 spiro atoms. The Labute approximate surface area is 238 Å². The lowest BCUT2D eigenvalue weighted by atomic mass is 9.92. The zero-order valence-electron chi connectivity index (χ0n) is 23.9. The summed E-state index contributed by atoms with van der Waals surface area (Å²) in [5, 5.41) is 4.86. The number of hydrogen-bond donors (Lipinski definition) is 0. The van der Waals surface area contributed by atoms with Crippen molar-refractivity contribution in [1.82, 2.24) is 19.6 Å². The molecule has 1 saturated heterocycles. The van der Waals surface area contributed by atoms with Crippen molar-refractivity contribution in [2.75, 3.05) is 39.3 Å². The summed E-state index contributed by atoms with van der Waals surface area (Å²) in [5.41, 5.74) is 4.92. The van der Waals surface area contributed by atoms with Crippen LogP contribution in [0.15, 0.2) is 97.1 Å². The molecule has 1 fully saturated rings. The van der Waals surface area contributed by atoms with E-state index in [1.165, 1.54) is 0 Å². The molecular weight excluding hydrogens is 496 g/mol. The van der Waals surface area contributed by atoms with Gasteiger partial charge in [-0.3, -0.25) is 14.4 Å². The first-order valence-corrected chi connectivity index (χ1v) is 14.2. The van der Waals surface area contributed by atoms with Crippen LogP contribution in [-0.4, -0.2) is 64.8 Å². The van der Waals surface area contributed by atoms with Crippen LogP contribution >= 0.6 is 0 Å². The first-order chi connectivity index (χ1) is 19.4. The molecule has 4 aromatic rings. The van der Waals surface area contributed by atoms with E-state index in [1.807, 2.05) is 46.0 Å². The van der Waals surface area contributed by atoms with E-state index in [4.69, 9.17) is 9.84 Å². The lowest BCUT2D eigenvalue weighted by molar-refractivity contribution is 0.0404. The molecule has 1 aromatic heterocycles. The van der Waals surface area contributed by atoms with Crippen LogP contribution < -0.4 is 0 Å². The molecule has 0 aliphatic carbocycles. The molecule has 2 heterocycles. The minimum absolute atomic E-state index is 0.0584. The Kier molecular flexibility index (Phi) is 8.78. The summed E-state index contributed by atoms with van der Waals surface area (Å²) < 4.78 is 8.31. The summed E-state index contributed by atoms with van der Waals surface area (Å²) in [6.07, 6.45) is -0.0906. The van der Waals surface area contributed by atoms with E-state index in [0.717, 1.165) is 42.0 Å². The normalized spacial score (nSPS) is 14.6. The van der Waals surface area contributed by atoms with E-state index in [9.17, 15) is 4.79 Å². The number of rotatable bonds is 9. The summed E-state index contributed by atoms with van der Waals surface area (Å²) >= 11 is 0. The number of piperazine rings is 1. The second-order valence-electron chi connectivity index (χ2n) is 11.5. The Hall–Kier alpha value is -3.74. The Balaban J connectivity index is 1.19. The summed E-state index contributed by atoms with van der Waals surface area (Å²) in [6.45, 7) is 11.5. The van der Waals surface area contributed by atoms with Crippen molar-refractivity contribution in [2.45, 2.75) is 38.8 Å². The highest BCUT2D eigenvalue weighted by Gasteiger charge is 2.28. The highest BCUT2D eigenvalue weighted by Crippen LogP contribution is 2.26. The zero-order chi connectivity index (χ0) is 28.0. The van der Waals surface area contributed by atoms with E-state index >= 15 is 0 Å². The predicted molar refractivity (Wildman–Crippen MR) is 159 cm³/mol. The lowest BCUT2D eigenvalue weighted by Crippen LogP contribution is -2.49. The third-order valence-electron chi connectivity index (χ3n) is 7.50. The van der Waals surface area contributed by atoms with Crippen LogP contribution in [0.5, 0.6) is 0 Å². The Morgan fingerprint density at radius 1 is 0.825 bits per heavy atom. The van der Waals surface area contributed by atoms with Crippen molar-refractivity contribution in [3.8, 4) is 0 Å². The summed E-state index contributed by atoms with van der Waals surface area (Å²) in [6, 6.07) is 33.0. The van der Waals surface area contributed by atoms with Gasteiger partial charge in [-0.25, -0.2) is 0 Å². The van der Waals surface area contributed by atoms with Gasteiger partial charge in [0.25, 0.3) is 5.91 Å². The Bertz CT molecular complexity index is 1320. The highest BCUT2D eigenvalue weighted by atomic mass is 16.5. The maximum Gasteiger partial charge on any atom is 0.272 e. The van der Waals surface area contributed by atoms with Crippen molar-refractivity contribution < 1.29 is 9.53 Å². The molecule has 0 saturated carbocycles. The predicted octanol–water partition coefficient (Wildman–Crippen LogP) is 5.79. The summed E-state index contributed by atoms with van der Waals surface area (Å²) in [4.78, 5) is 18.1. The largest absolute Gasteiger partial charge is 0.367 e. The van der Waals surface area contributed by atoms with Crippen LogP contribution in [0, 0.1) is 0 Å². The van der Waals surface area contributed by atoms with Gasteiger partial charge in [0.1, 0.15) is 11.8 Å². The van der Waals surface area contributed by atoms with Crippen molar-refractivity contribution in [1.29, 1.82) is 0 Å². The maximum atomic E-state index is 13.7. The molecule has 6 nitrogen and oxygen atoms in total. The van der Waals surface area contributed by atoms with Crippen LogP contribution in [0.25, 0.3) is 0 Å². The number of hydrogen-bond acceptors (Lipinski definition) is 4. The van der Waals surface area contributed by atoms with Crippen molar-refractivity contribution in [2.24, 2.45) is 0 Å². The number of carbonyl (C=O) groups excluding carboxylic acids is 1. The smallest absolute Gasteiger partial charge is 0.272 e. The van der Waals surface area contributed by atoms with Gasteiger partial charge < -0.3 is 9.64 Å². The van der Waals surface area contributed by atoms with Gasteiger partial charge in [-0.1, -0.05) is 112 Å². The molecule has 5 rings (SSSR count). The first kappa shape index (κ1) is 27.8. The third kappa shape index (κ3) is 6.87. The molecule has 208 valence electrons. The average Bonchev–Trinajstić information content (AvgIpc) is 3.41. The molecule has 1 aliphatic heterocycles. The van der Waals surface area contributed by atoms with Crippen LogP contribution in [0.3, 0.4) is 0 Å². The molecule has 1 amide bonds. The monoisotopic (exact) mass is 536 g/mol. The molecule has 40 heavy (non-hydrogen) atoms. The minimum Gasteiger partial charge on any atom is -0.367 e. The number of benzene rings is 3. The second-order valence-corrected chi connectivity index (χ2v) is 11.5. The van der Waals surface area contributed by atoms with Crippen LogP contribution in [0.4, 0.5) is 0 Å². The quantitative estimate of drug-likeness (QED) is 0.272. The van der Waals surface area contributed by atoms with Gasteiger partial charge in [-0.2, -0.15) is 5.10 Å². The standard InChI is InChI=1S/C34H40N4O2/c1-34(2,3)31-25-30(38(35-31)26-27-13-7-4-8-14-27)33(39)37-21-19-36(20-22-37)23-24-40-32(28-15-9-5-10-16-28)29-17-11-6-12-18-29/h4-18,25,32H,19-24,26H2,1-3H3. The van der Waals surface area contributed by atoms with Gasteiger partial charge in [0, 0.05) is 38.1 Å². The number of carbonyl (C=O) groups is 1. The number of aromatic nitrogens is 2. The SMILES string of the molecule is CC(C)(C)c1cc(C(=O)N2CCN(CCOC(c3ccccc3)c3ccccc3)CC2)n(Cc2ccccc2)n1. The van der Waals surface area contributed by atoms with Crippen LogP contribution in [-0.2, 0) is 16.7 Å². The number of nitrogens with zero attached hydrogens (tertiary/aromatic N) is 4. The van der Waals surface area contributed by atoms with Gasteiger partial charge in [-0.05, 0) is 22.8 Å². The van der Waals surface area contributed by atoms with Gasteiger partial charge in [0.2, 0.25) is 0 Å². The first-order valence-electron chi connectivity index (χ1n) is 14.2. The Morgan fingerprint density at radius 3 is 1.93 bits per heavy atom. The third-order valence-corrected chi connectivity index (χ3v) is 7.50. The molecule has 0 N–H and O–H groups in total. The molecule has 0 radical (unpaired) electrons. The fourth-order valence-corrected chi connectivity index (χ4v) is 5.11. The molecule has 6 heteroatoms. The van der Waals surface area contributed by atoms with E-state index in [0.29, 0.717) is 31.9 Å². The summed E-state index contributed by atoms with van der Waals surface area (Å²) in [7, 11) is 0. The number of amides is 1. The van der Waals surface area contributed by atoms with E-state index < -0.39 is 0 Å². The minimum atomic E-state index is -0.132. The molecule has 3 aromatic carbocycles. The maximum absolute atomic E-state index is 13.7. The second kappa shape index (κ2) is 12.6. The topological polar surface area (TPSA) is 50.6 Å². The highest BCUT2D eigenvalue weighted by molar-refractivity contribution is 5.93. The lowest BCUT2D eigenvalue weighted by Gasteiger charge is -2.35. The molecular formula is C34H40N4O2. The zero-order valence-corrected chi connectivity index (χ0v) is 23.9. The molecule has 0 unspecified atom stereocenters. The fourth-order valence-electron chi connectivity index (χ4n) is 5.11. The van der Waals surface area contributed by atoms with Crippen molar-refractivity contribution in [3.63, 3.8) is 0 Å². The van der Waals surface area contributed by atoms with Crippen LogP contribution in [0.2, 0.25) is 0 Å². The van der Waals surface area contributed by atoms with E-state index in [-0.39, 0.29) is 17.4 Å². The molecule has 1 aliphatic rings. The van der Waals surface area contributed by atoms with Crippen LogP contribution in [0.1, 0.15) is 59.7 Å². The van der Waals surface area contributed by atoms with Crippen molar-refractivity contribution in [3.05, 3.63) is 125 Å². The summed E-state index contributed by atoms with van der Waals surface area (Å²) in [5.74, 6) is 0.0584. The van der Waals surface area contributed by atoms with Crippen molar-refractivity contribution >= 4 is 5.91 Å². The van der Waals surface area contributed by atoms with Gasteiger partial charge in [0.05, 0.1) is 18.8 Å². The molecule has 0 bridgehead atoms. The number of ether oxygens (including phenoxy) is 1. The van der Waals surface area contributed by atoms with Gasteiger partial charge in [-0.15, -0.1) is 0 Å². The van der Waals surface area contributed by atoms with Gasteiger partial charge in [0.15, 0.2) is 0 Å². The Morgan fingerprint density at radius 2 is 1.38 bits per heavy atom. The van der Waals surface area contributed by atoms with E-state index in [2.05, 4.69) is 86.3 Å². The van der Waals surface area contributed by atoms with Gasteiger partial charge >= 0.3 is 0 Å². The average molecular weight is 537 g/mol. The molecule has 0 atom stereocenters. The fraction of sp³-hybridized carbons (Fsp3) is 0.353. The van der Waals surface area contributed by atoms with E-state index in [1.54, 1.807) is 0 Å².